The van der Waals surface area contributed by atoms with Crippen LogP contribution in [-0.4, -0.2) is 29.2 Å². The lowest BCUT2D eigenvalue weighted by Crippen LogP contribution is -2.18. The van der Waals surface area contributed by atoms with E-state index in [1.807, 2.05) is 16.7 Å². The van der Waals surface area contributed by atoms with E-state index < -0.39 is 5.97 Å². The Bertz CT molecular complexity index is 1060. The van der Waals surface area contributed by atoms with Gasteiger partial charge in [0.2, 0.25) is 5.82 Å². The lowest BCUT2D eigenvalue weighted by molar-refractivity contribution is 0.0506. The van der Waals surface area contributed by atoms with Gasteiger partial charge in [-0.05, 0) is 71.2 Å². The van der Waals surface area contributed by atoms with Gasteiger partial charge in [0.1, 0.15) is 11.6 Å². The number of hydrogen-bond acceptors (Lipinski definition) is 4. The lowest BCUT2D eigenvalue weighted by Gasteiger charge is -2.22. The number of nitrogens with zero attached hydrogens (tertiary/aromatic N) is 2. The van der Waals surface area contributed by atoms with E-state index in [1.165, 1.54) is 12.1 Å². The predicted molar refractivity (Wildman–Crippen MR) is 107 cm³/mol. The zero-order chi connectivity index (χ0) is 19.8. The Labute approximate surface area is 170 Å². The van der Waals surface area contributed by atoms with Crippen LogP contribution in [0.1, 0.15) is 23.1 Å². The highest BCUT2D eigenvalue weighted by atomic mass is 79.9. The van der Waals surface area contributed by atoms with Gasteiger partial charge in [-0.2, -0.15) is 0 Å². The van der Waals surface area contributed by atoms with Crippen LogP contribution in [0.4, 0.5) is 4.39 Å². The zero-order valence-electron chi connectivity index (χ0n) is 15.5. The molecule has 0 saturated carbocycles. The molecule has 0 aliphatic carbocycles. The number of ether oxygens (including phenoxy) is 2. The van der Waals surface area contributed by atoms with Crippen molar-refractivity contribution in [3.63, 3.8) is 0 Å². The minimum atomic E-state index is -0.465. The van der Waals surface area contributed by atoms with Crippen LogP contribution in [0.2, 0.25) is 0 Å². The van der Waals surface area contributed by atoms with Crippen molar-refractivity contribution in [3.05, 3.63) is 58.1 Å². The summed E-state index contributed by atoms with van der Waals surface area (Å²) in [5.41, 5.74) is 4.24. The number of carbonyl (C=O) groups excluding carboxylic acids is 1. The summed E-state index contributed by atoms with van der Waals surface area (Å²) >= 11 is 3.54. The van der Waals surface area contributed by atoms with E-state index >= 15 is 0 Å². The number of halogens is 2. The van der Waals surface area contributed by atoms with Crippen molar-refractivity contribution < 1.29 is 18.7 Å². The van der Waals surface area contributed by atoms with Gasteiger partial charge in [-0.3, -0.25) is 0 Å². The second kappa shape index (κ2) is 7.39. The number of hydrogen-bond donors (Lipinski definition) is 0. The van der Waals surface area contributed by atoms with Gasteiger partial charge in [-0.1, -0.05) is 0 Å². The number of aromatic nitrogens is 2. The van der Waals surface area contributed by atoms with E-state index in [9.17, 15) is 9.18 Å². The Kier molecular flexibility index (Phi) is 4.93. The van der Waals surface area contributed by atoms with E-state index in [0.29, 0.717) is 12.2 Å². The molecule has 0 atom stereocenters. The average molecular weight is 445 g/mol. The molecule has 0 saturated heterocycles. The van der Waals surface area contributed by atoms with Crippen LogP contribution in [-0.2, 0) is 17.7 Å². The molecular weight excluding hydrogens is 427 g/mol. The van der Waals surface area contributed by atoms with Crippen LogP contribution in [0, 0.1) is 5.82 Å². The molecule has 4 rings (SSSR count). The third-order valence-electron chi connectivity index (χ3n) is 4.78. The van der Waals surface area contributed by atoms with Gasteiger partial charge < -0.3 is 14.0 Å². The molecule has 0 bridgehead atoms. The van der Waals surface area contributed by atoms with Gasteiger partial charge in [-0.25, -0.2) is 14.2 Å². The predicted octanol–water partition coefficient (Wildman–Crippen LogP) is 4.86. The minimum Gasteiger partial charge on any atom is -0.496 e. The number of fused-ring (bicyclic) bond motifs is 3. The summed E-state index contributed by atoms with van der Waals surface area (Å²) in [6.45, 7) is 2.62. The molecule has 3 aromatic rings. The number of carbonyl (C=O) groups is 1. The Morgan fingerprint density at radius 2 is 2.04 bits per heavy atom. The SMILES string of the molecule is CCOC(=O)c1nc(-c2ccc(F)cc2)c2n1CCc1cc(OC)c(Br)cc1-2. The van der Waals surface area contributed by atoms with Crippen LogP contribution >= 0.6 is 15.9 Å². The fraction of sp³-hybridized carbons (Fsp3) is 0.238. The summed E-state index contributed by atoms with van der Waals surface area (Å²) in [6.07, 6.45) is 0.734. The summed E-state index contributed by atoms with van der Waals surface area (Å²) in [6, 6.07) is 10.1. The van der Waals surface area contributed by atoms with Gasteiger partial charge in [-0.15, -0.1) is 0 Å². The van der Waals surface area contributed by atoms with Gasteiger partial charge in [0, 0.05) is 17.7 Å². The molecule has 1 aromatic heterocycles. The largest absolute Gasteiger partial charge is 0.496 e. The molecule has 0 fully saturated rings. The Balaban J connectivity index is 1.97. The highest BCUT2D eigenvalue weighted by molar-refractivity contribution is 9.10. The monoisotopic (exact) mass is 444 g/mol. The number of methoxy groups -OCH3 is 1. The molecule has 5 nitrogen and oxygen atoms in total. The molecule has 0 unspecified atom stereocenters. The van der Waals surface area contributed by atoms with Crippen LogP contribution in [0.5, 0.6) is 5.75 Å². The topological polar surface area (TPSA) is 53.3 Å². The maximum absolute atomic E-state index is 13.4. The number of imidazole rings is 1. The summed E-state index contributed by atoms with van der Waals surface area (Å²) in [7, 11) is 1.63. The first kappa shape index (κ1) is 18.7. The van der Waals surface area contributed by atoms with Gasteiger partial charge >= 0.3 is 5.97 Å². The smallest absolute Gasteiger partial charge is 0.374 e. The first-order valence-corrected chi connectivity index (χ1v) is 9.73. The van der Waals surface area contributed by atoms with Crippen molar-refractivity contribution in [3.8, 4) is 28.3 Å². The summed E-state index contributed by atoms with van der Waals surface area (Å²) in [4.78, 5) is 17.1. The van der Waals surface area contributed by atoms with Crippen molar-refractivity contribution in [2.75, 3.05) is 13.7 Å². The molecule has 2 aromatic carbocycles. The van der Waals surface area contributed by atoms with Crippen LogP contribution in [0.3, 0.4) is 0 Å². The molecule has 0 amide bonds. The molecular formula is C21H18BrFN2O3. The highest BCUT2D eigenvalue weighted by Gasteiger charge is 2.29. The standard InChI is InChI=1S/C21H18BrFN2O3/c1-3-28-21(26)20-24-18(12-4-6-14(23)7-5-12)19-15-11-16(22)17(27-2)10-13(15)8-9-25(19)20/h4-7,10-11H,3,8-9H2,1-2H3. The molecule has 0 spiro atoms. The third kappa shape index (κ3) is 3.09. The van der Waals surface area contributed by atoms with Gasteiger partial charge in [0.15, 0.2) is 0 Å². The van der Waals surface area contributed by atoms with Crippen LogP contribution < -0.4 is 4.74 Å². The zero-order valence-corrected chi connectivity index (χ0v) is 17.0. The summed E-state index contributed by atoms with van der Waals surface area (Å²) in [5.74, 6) is 0.220. The minimum absolute atomic E-state index is 0.258. The van der Waals surface area contributed by atoms with E-state index in [4.69, 9.17) is 9.47 Å². The van der Waals surface area contributed by atoms with Crippen molar-refractivity contribution in [1.82, 2.24) is 9.55 Å². The molecule has 1 aliphatic heterocycles. The van der Waals surface area contributed by atoms with Crippen LogP contribution in [0.15, 0.2) is 40.9 Å². The lowest BCUT2D eigenvalue weighted by atomic mass is 9.95. The Morgan fingerprint density at radius 1 is 1.29 bits per heavy atom. The summed E-state index contributed by atoms with van der Waals surface area (Å²) < 4.78 is 26.7. The first-order valence-electron chi connectivity index (χ1n) is 8.93. The van der Waals surface area contributed by atoms with E-state index in [2.05, 4.69) is 20.9 Å². The third-order valence-corrected chi connectivity index (χ3v) is 5.40. The van der Waals surface area contributed by atoms with E-state index in [-0.39, 0.29) is 18.2 Å². The molecule has 144 valence electrons. The second-order valence-electron chi connectivity index (χ2n) is 6.41. The van der Waals surface area contributed by atoms with Crippen molar-refractivity contribution in [2.24, 2.45) is 0 Å². The number of rotatable bonds is 4. The second-order valence-corrected chi connectivity index (χ2v) is 7.26. The van der Waals surface area contributed by atoms with Crippen molar-refractivity contribution in [1.29, 1.82) is 0 Å². The quantitative estimate of drug-likeness (QED) is 0.539. The Morgan fingerprint density at radius 3 is 2.71 bits per heavy atom. The molecule has 7 heteroatoms. The fourth-order valence-corrected chi connectivity index (χ4v) is 4.02. The molecule has 0 radical (unpaired) electrons. The van der Waals surface area contributed by atoms with Crippen molar-refractivity contribution >= 4 is 21.9 Å². The van der Waals surface area contributed by atoms with Gasteiger partial charge in [0.05, 0.1) is 29.6 Å². The molecule has 2 heterocycles. The molecule has 28 heavy (non-hydrogen) atoms. The number of aryl methyl sites for hydroxylation is 1. The number of benzene rings is 2. The average Bonchev–Trinajstić information content (AvgIpc) is 3.08. The molecule has 0 N–H and O–H groups in total. The number of esters is 1. The van der Waals surface area contributed by atoms with E-state index in [1.54, 1.807) is 26.2 Å². The summed E-state index contributed by atoms with van der Waals surface area (Å²) in [5, 5.41) is 0. The highest BCUT2D eigenvalue weighted by Crippen LogP contribution is 2.42. The normalized spacial score (nSPS) is 12.3. The first-order chi connectivity index (χ1) is 13.5. The Hall–Kier alpha value is -2.67. The van der Waals surface area contributed by atoms with Crippen molar-refractivity contribution in [2.45, 2.75) is 19.9 Å². The maximum atomic E-state index is 13.4. The fourth-order valence-electron chi connectivity index (χ4n) is 3.52. The van der Waals surface area contributed by atoms with Gasteiger partial charge in [0.25, 0.3) is 0 Å². The van der Waals surface area contributed by atoms with E-state index in [0.717, 1.165) is 39.0 Å². The molecule has 1 aliphatic rings. The maximum Gasteiger partial charge on any atom is 0.374 e. The van der Waals surface area contributed by atoms with Crippen LogP contribution in [0.25, 0.3) is 22.5 Å².